The lowest BCUT2D eigenvalue weighted by Crippen LogP contribution is -2.29. The van der Waals surface area contributed by atoms with Crippen molar-refractivity contribution in [3.63, 3.8) is 0 Å². The quantitative estimate of drug-likeness (QED) is 0.828. The third kappa shape index (κ3) is 4.87. The maximum atomic E-state index is 5.74. The monoisotopic (exact) mass is 260 g/mol. The average molecular weight is 260 g/mol. The van der Waals surface area contributed by atoms with Crippen LogP contribution in [0.4, 0.5) is 5.69 Å². The highest BCUT2D eigenvalue weighted by molar-refractivity contribution is 5.40. The molecule has 0 amide bonds. The second-order valence-corrected chi connectivity index (χ2v) is 5.97. The molecule has 1 atom stereocenters. The van der Waals surface area contributed by atoms with Crippen molar-refractivity contribution in [2.75, 3.05) is 25.4 Å². The summed E-state index contributed by atoms with van der Waals surface area (Å²) in [5, 5.41) is 0. The molecule has 1 aliphatic heterocycles. The number of hydrogen-bond donors (Lipinski definition) is 1. The Balaban J connectivity index is 1.78. The van der Waals surface area contributed by atoms with Crippen LogP contribution in [0.1, 0.15) is 56.9 Å². The third-order valence-corrected chi connectivity index (χ3v) is 4.33. The number of likely N-dealkylation sites (tertiary alicyclic amines) is 1. The molecule has 0 spiro atoms. The van der Waals surface area contributed by atoms with Gasteiger partial charge in [-0.1, -0.05) is 38.3 Å². The van der Waals surface area contributed by atoms with Gasteiger partial charge in [0.25, 0.3) is 0 Å². The molecule has 1 saturated heterocycles. The smallest absolute Gasteiger partial charge is 0.0314 e. The van der Waals surface area contributed by atoms with Crippen LogP contribution in [0.2, 0.25) is 0 Å². The van der Waals surface area contributed by atoms with Crippen molar-refractivity contribution >= 4 is 5.69 Å². The van der Waals surface area contributed by atoms with Crippen molar-refractivity contribution in [2.45, 2.75) is 51.4 Å². The minimum Gasteiger partial charge on any atom is -0.399 e. The Bertz CT molecular complexity index is 350. The molecular formula is C17H28N2. The molecule has 106 valence electrons. The summed E-state index contributed by atoms with van der Waals surface area (Å²) in [7, 11) is 0. The first kappa shape index (κ1) is 14.4. The predicted molar refractivity (Wildman–Crippen MR) is 83.4 cm³/mol. The van der Waals surface area contributed by atoms with Crippen LogP contribution in [0.15, 0.2) is 24.3 Å². The Labute approximate surface area is 118 Å². The third-order valence-electron chi connectivity index (χ3n) is 4.33. The maximum absolute atomic E-state index is 5.74. The number of benzene rings is 1. The van der Waals surface area contributed by atoms with Crippen LogP contribution in [-0.4, -0.2) is 24.5 Å². The van der Waals surface area contributed by atoms with E-state index < -0.39 is 0 Å². The van der Waals surface area contributed by atoms with Gasteiger partial charge in [-0.15, -0.1) is 0 Å². The van der Waals surface area contributed by atoms with Crippen LogP contribution in [0.3, 0.4) is 0 Å². The van der Waals surface area contributed by atoms with E-state index in [1.807, 2.05) is 12.1 Å². The molecule has 1 aromatic carbocycles. The van der Waals surface area contributed by atoms with Crippen LogP contribution in [0, 0.1) is 0 Å². The van der Waals surface area contributed by atoms with Crippen LogP contribution in [0.25, 0.3) is 0 Å². The molecule has 1 unspecified atom stereocenters. The number of nitrogens with zero attached hydrogens (tertiary/aromatic N) is 1. The van der Waals surface area contributed by atoms with Gasteiger partial charge in [0.1, 0.15) is 0 Å². The molecule has 2 nitrogen and oxygen atoms in total. The van der Waals surface area contributed by atoms with Crippen molar-refractivity contribution < 1.29 is 0 Å². The van der Waals surface area contributed by atoms with Crippen LogP contribution >= 0.6 is 0 Å². The van der Waals surface area contributed by atoms with Crippen LogP contribution in [-0.2, 0) is 0 Å². The molecule has 0 saturated carbocycles. The van der Waals surface area contributed by atoms with Gasteiger partial charge in [0.2, 0.25) is 0 Å². The number of nitrogen functional groups attached to an aromatic ring is 1. The van der Waals surface area contributed by atoms with E-state index in [1.165, 1.54) is 63.7 Å². The summed E-state index contributed by atoms with van der Waals surface area (Å²) in [6.07, 6.45) is 8.31. The molecule has 1 fully saturated rings. The molecule has 0 radical (unpaired) electrons. The van der Waals surface area contributed by atoms with E-state index >= 15 is 0 Å². The standard InChI is InChI=1S/C17H28N2/c1-15(16-7-9-17(18)10-8-16)11-14-19-12-5-3-2-4-6-13-19/h7-10,15H,2-6,11-14,18H2,1H3. The largest absolute Gasteiger partial charge is 0.399 e. The Morgan fingerprint density at radius 3 is 2.21 bits per heavy atom. The van der Waals surface area contributed by atoms with Gasteiger partial charge in [-0.2, -0.15) is 0 Å². The molecule has 2 heteroatoms. The van der Waals surface area contributed by atoms with Gasteiger partial charge >= 0.3 is 0 Å². The topological polar surface area (TPSA) is 29.3 Å². The first-order chi connectivity index (χ1) is 9.25. The fourth-order valence-electron chi connectivity index (χ4n) is 2.90. The van der Waals surface area contributed by atoms with E-state index in [0.717, 1.165) is 5.69 Å². The second kappa shape index (κ2) is 7.54. The van der Waals surface area contributed by atoms with Gasteiger partial charge in [-0.05, 0) is 62.5 Å². The zero-order chi connectivity index (χ0) is 13.5. The number of anilines is 1. The van der Waals surface area contributed by atoms with Gasteiger partial charge in [0, 0.05) is 5.69 Å². The number of rotatable bonds is 4. The summed E-state index contributed by atoms with van der Waals surface area (Å²) in [4.78, 5) is 2.66. The summed E-state index contributed by atoms with van der Waals surface area (Å²) in [6, 6.07) is 8.38. The molecule has 0 aromatic heterocycles. The number of hydrogen-bond acceptors (Lipinski definition) is 2. The molecule has 1 aliphatic rings. The predicted octanol–water partition coefficient (Wildman–Crippen LogP) is 4.03. The highest BCUT2D eigenvalue weighted by Gasteiger charge is 2.11. The SMILES string of the molecule is CC(CCN1CCCCCCC1)c1ccc(N)cc1. The minimum atomic E-state index is 0.631. The van der Waals surface area contributed by atoms with E-state index in [2.05, 4.69) is 24.0 Å². The second-order valence-electron chi connectivity index (χ2n) is 5.97. The van der Waals surface area contributed by atoms with Gasteiger partial charge in [-0.25, -0.2) is 0 Å². The van der Waals surface area contributed by atoms with Gasteiger partial charge in [-0.3, -0.25) is 0 Å². The first-order valence-corrected chi connectivity index (χ1v) is 7.83. The van der Waals surface area contributed by atoms with Crippen molar-refractivity contribution in [3.05, 3.63) is 29.8 Å². The van der Waals surface area contributed by atoms with E-state index in [1.54, 1.807) is 0 Å². The summed E-state index contributed by atoms with van der Waals surface area (Å²) in [5.74, 6) is 0.631. The molecule has 0 bridgehead atoms. The number of nitrogens with two attached hydrogens (primary N) is 1. The van der Waals surface area contributed by atoms with Crippen molar-refractivity contribution in [1.82, 2.24) is 4.90 Å². The van der Waals surface area contributed by atoms with E-state index in [-0.39, 0.29) is 0 Å². The highest BCUT2D eigenvalue weighted by atomic mass is 15.1. The van der Waals surface area contributed by atoms with Crippen molar-refractivity contribution in [2.24, 2.45) is 0 Å². The first-order valence-electron chi connectivity index (χ1n) is 7.83. The van der Waals surface area contributed by atoms with Gasteiger partial charge < -0.3 is 10.6 Å². The molecule has 2 rings (SSSR count). The van der Waals surface area contributed by atoms with E-state index in [0.29, 0.717) is 5.92 Å². The lowest BCUT2D eigenvalue weighted by Gasteiger charge is -2.25. The van der Waals surface area contributed by atoms with Gasteiger partial charge in [0.05, 0.1) is 0 Å². The normalized spacial score (nSPS) is 19.6. The lowest BCUT2D eigenvalue weighted by molar-refractivity contribution is 0.240. The zero-order valence-corrected chi connectivity index (χ0v) is 12.3. The Hall–Kier alpha value is -1.02. The Kier molecular flexibility index (Phi) is 5.71. The molecular weight excluding hydrogens is 232 g/mol. The molecule has 1 aromatic rings. The summed E-state index contributed by atoms with van der Waals surface area (Å²) >= 11 is 0. The van der Waals surface area contributed by atoms with Crippen molar-refractivity contribution in [1.29, 1.82) is 0 Å². The van der Waals surface area contributed by atoms with Crippen LogP contribution < -0.4 is 5.73 Å². The maximum Gasteiger partial charge on any atom is 0.0314 e. The zero-order valence-electron chi connectivity index (χ0n) is 12.3. The highest BCUT2D eigenvalue weighted by Crippen LogP contribution is 2.21. The Morgan fingerprint density at radius 1 is 1.00 bits per heavy atom. The lowest BCUT2D eigenvalue weighted by atomic mass is 9.97. The molecule has 1 heterocycles. The van der Waals surface area contributed by atoms with Crippen LogP contribution in [0.5, 0.6) is 0 Å². The summed E-state index contributed by atoms with van der Waals surface area (Å²) < 4.78 is 0. The summed E-state index contributed by atoms with van der Waals surface area (Å²) in [5.41, 5.74) is 8.02. The fourth-order valence-corrected chi connectivity index (χ4v) is 2.90. The van der Waals surface area contributed by atoms with Crippen molar-refractivity contribution in [3.8, 4) is 0 Å². The average Bonchev–Trinajstić information content (AvgIpc) is 2.38. The molecule has 2 N–H and O–H groups in total. The van der Waals surface area contributed by atoms with Gasteiger partial charge in [0.15, 0.2) is 0 Å². The van der Waals surface area contributed by atoms with E-state index in [4.69, 9.17) is 5.73 Å². The Morgan fingerprint density at radius 2 is 1.58 bits per heavy atom. The molecule has 19 heavy (non-hydrogen) atoms. The molecule has 0 aliphatic carbocycles. The fraction of sp³-hybridized carbons (Fsp3) is 0.647. The minimum absolute atomic E-state index is 0.631. The van der Waals surface area contributed by atoms with E-state index in [9.17, 15) is 0 Å². The summed E-state index contributed by atoms with van der Waals surface area (Å²) in [6.45, 7) is 6.17.